The van der Waals surface area contributed by atoms with Gasteiger partial charge in [-0.2, -0.15) is 0 Å². The van der Waals surface area contributed by atoms with Crippen molar-refractivity contribution in [2.75, 3.05) is 32.7 Å². The fraction of sp³-hybridized carbons (Fsp3) is 0.700. The van der Waals surface area contributed by atoms with Gasteiger partial charge in [0.2, 0.25) is 0 Å². The number of carbonyl (C=O) groups is 3. The molecule has 0 heterocycles. The van der Waals surface area contributed by atoms with Crippen molar-refractivity contribution in [3.63, 3.8) is 0 Å². The molecule has 0 saturated carbocycles. The van der Waals surface area contributed by atoms with Gasteiger partial charge in [-0.3, -0.25) is 9.80 Å². The van der Waals surface area contributed by atoms with E-state index in [1.54, 1.807) is 0 Å². The second-order valence-electron chi connectivity index (χ2n) is 3.93. The Bertz CT molecular complexity index is 328. The second-order valence-corrected chi connectivity index (χ2v) is 3.93. The topological polar surface area (TPSA) is 147 Å². The average Bonchev–Trinajstić information content (AvgIpc) is 2.21. The second kappa shape index (κ2) is 17.1. The van der Waals surface area contributed by atoms with Crippen LogP contribution in [-0.4, -0.2) is 71.8 Å². The first-order chi connectivity index (χ1) is 8.72. The summed E-state index contributed by atoms with van der Waals surface area (Å²) in [5, 5.41) is 40.6. The predicted octanol–water partition coefficient (Wildman–Crippen LogP) is -14.8. The van der Waals surface area contributed by atoms with Crippen molar-refractivity contribution in [3.8, 4) is 0 Å². The van der Waals surface area contributed by atoms with E-state index < -0.39 is 43.8 Å². The molecule has 1 atom stereocenters. The maximum atomic E-state index is 10.4. The van der Waals surface area contributed by atoms with E-state index in [0.717, 1.165) is 9.80 Å². The van der Waals surface area contributed by atoms with Gasteiger partial charge in [-0.05, 0) is 6.92 Å². The standard InChI is InChI=1S/C10H18N2O7.3Na/c1-7(13)12(6-10(18)19)3-2-11(4-8(14)15)5-9(16)17;;;/h7,13H,2-6H2,1H3,(H,14,15)(H,16,17)(H,18,19);;;/q;3*+1/p-3. The monoisotopic (exact) mass is 344 g/mol. The third-order valence-electron chi connectivity index (χ3n) is 2.27. The van der Waals surface area contributed by atoms with Gasteiger partial charge in [0.25, 0.3) is 0 Å². The molecule has 0 aliphatic rings. The fourth-order valence-corrected chi connectivity index (χ4v) is 1.41. The van der Waals surface area contributed by atoms with Crippen molar-refractivity contribution in [2.45, 2.75) is 13.2 Å². The van der Waals surface area contributed by atoms with Gasteiger partial charge in [0.15, 0.2) is 0 Å². The predicted molar refractivity (Wildman–Crippen MR) is 54.7 cm³/mol. The van der Waals surface area contributed by atoms with Crippen LogP contribution in [0.1, 0.15) is 6.92 Å². The number of carboxylic acids is 3. The number of carbonyl (C=O) groups excluding carboxylic acids is 3. The summed E-state index contributed by atoms with van der Waals surface area (Å²) >= 11 is 0. The van der Waals surface area contributed by atoms with Crippen molar-refractivity contribution in [1.29, 1.82) is 0 Å². The first kappa shape index (κ1) is 31.1. The Kier molecular flexibility index (Phi) is 24.2. The van der Waals surface area contributed by atoms with E-state index in [2.05, 4.69) is 0 Å². The molecule has 0 amide bonds. The zero-order valence-corrected chi connectivity index (χ0v) is 19.4. The summed E-state index contributed by atoms with van der Waals surface area (Å²) in [7, 11) is 0. The fourth-order valence-electron chi connectivity index (χ4n) is 1.41. The summed E-state index contributed by atoms with van der Waals surface area (Å²) in [6, 6.07) is 0. The number of rotatable bonds is 10. The quantitative estimate of drug-likeness (QED) is 0.301. The zero-order chi connectivity index (χ0) is 15.0. The van der Waals surface area contributed by atoms with Crippen molar-refractivity contribution in [2.24, 2.45) is 0 Å². The van der Waals surface area contributed by atoms with Gasteiger partial charge < -0.3 is 34.8 Å². The number of carboxylic acid groups (broad SMARTS) is 3. The molecule has 0 spiro atoms. The Labute approximate surface area is 194 Å². The smallest absolute Gasteiger partial charge is 0.549 e. The van der Waals surface area contributed by atoms with Crippen LogP contribution in [-0.2, 0) is 14.4 Å². The van der Waals surface area contributed by atoms with Gasteiger partial charge >= 0.3 is 88.7 Å². The molecule has 0 fully saturated rings. The number of aliphatic carboxylic acids is 3. The van der Waals surface area contributed by atoms with Gasteiger partial charge in [-0.25, -0.2) is 0 Å². The van der Waals surface area contributed by atoms with Crippen LogP contribution in [0.15, 0.2) is 0 Å². The van der Waals surface area contributed by atoms with E-state index in [0.29, 0.717) is 0 Å². The molecule has 0 aliphatic heterocycles. The van der Waals surface area contributed by atoms with Gasteiger partial charge in [-0.15, -0.1) is 0 Å². The van der Waals surface area contributed by atoms with Crippen LogP contribution < -0.4 is 104 Å². The van der Waals surface area contributed by atoms with Crippen LogP contribution >= 0.6 is 0 Å². The van der Waals surface area contributed by atoms with Crippen LogP contribution in [0.25, 0.3) is 0 Å². The molecule has 0 saturated heterocycles. The van der Waals surface area contributed by atoms with Crippen molar-refractivity contribution in [3.05, 3.63) is 0 Å². The Morgan fingerprint density at radius 1 is 0.864 bits per heavy atom. The van der Waals surface area contributed by atoms with Crippen LogP contribution in [0.3, 0.4) is 0 Å². The maximum Gasteiger partial charge on any atom is 1.00 e. The molecule has 0 rings (SSSR count). The SMILES string of the molecule is CC(O)N(CCN(CC(=O)[O-])CC(=O)[O-])CC(=O)[O-].[Na+].[Na+].[Na+]. The van der Waals surface area contributed by atoms with Crippen molar-refractivity contribution >= 4 is 17.9 Å². The van der Waals surface area contributed by atoms with Gasteiger partial charge in [0, 0.05) is 32.7 Å². The normalized spacial score (nSPS) is 10.9. The minimum atomic E-state index is -1.47. The molecule has 110 valence electrons. The summed E-state index contributed by atoms with van der Waals surface area (Å²) in [4.78, 5) is 33.3. The first-order valence-corrected chi connectivity index (χ1v) is 5.46. The molecule has 1 unspecified atom stereocenters. The minimum Gasteiger partial charge on any atom is -0.549 e. The van der Waals surface area contributed by atoms with Crippen molar-refractivity contribution in [1.82, 2.24) is 9.80 Å². The molecule has 22 heavy (non-hydrogen) atoms. The Hall–Kier alpha value is 1.29. The van der Waals surface area contributed by atoms with Gasteiger partial charge in [-0.1, -0.05) is 0 Å². The van der Waals surface area contributed by atoms with E-state index in [4.69, 9.17) is 0 Å². The molecule has 0 aromatic carbocycles. The van der Waals surface area contributed by atoms with E-state index in [-0.39, 0.29) is 102 Å². The number of nitrogens with zero attached hydrogens (tertiary/aromatic N) is 2. The number of hydrogen-bond acceptors (Lipinski definition) is 9. The van der Waals surface area contributed by atoms with E-state index in [1.165, 1.54) is 6.92 Å². The van der Waals surface area contributed by atoms with Gasteiger partial charge in [0.1, 0.15) is 6.23 Å². The maximum absolute atomic E-state index is 10.4. The number of aliphatic hydroxyl groups excluding tert-OH is 1. The van der Waals surface area contributed by atoms with Crippen LogP contribution in [0.2, 0.25) is 0 Å². The molecule has 1 N–H and O–H groups in total. The van der Waals surface area contributed by atoms with E-state index >= 15 is 0 Å². The number of hydrogen-bond donors (Lipinski definition) is 1. The van der Waals surface area contributed by atoms with Crippen LogP contribution in [0.4, 0.5) is 0 Å². The third kappa shape index (κ3) is 17.6. The van der Waals surface area contributed by atoms with Crippen molar-refractivity contribution < 1.29 is 123 Å². The number of aliphatic hydroxyl groups is 1. The third-order valence-corrected chi connectivity index (χ3v) is 2.27. The summed E-state index contributed by atoms with van der Waals surface area (Å²) < 4.78 is 0. The summed E-state index contributed by atoms with van der Waals surface area (Å²) in [5.74, 6) is -4.35. The Morgan fingerprint density at radius 2 is 1.23 bits per heavy atom. The summed E-state index contributed by atoms with van der Waals surface area (Å²) in [5.41, 5.74) is 0. The van der Waals surface area contributed by atoms with Gasteiger partial charge in [0.05, 0.1) is 17.9 Å². The zero-order valence-electron chi connectivity index (χ0n) is 13.4. The molecule has 0 radical (unpaired) electrons. The molecule has 9 nitrogen and oxygen atoms in total. The molecule has 0 bridgehead atoms. The van der Waals surface area contributed by atoms with Crippen LogP contribution in [0.5, 0.6) is 0 Å². The molecular weight excluding hydrogens is 329 g/mol. The molecular formula is C10H15N2Na3O7. The summed E-state index contributed by atoms with van der Waals surface area (Å²) in [6.45, 7) is -0.626. The van der Waals surface area contributed by atoms with E-state index in [1.807, 2.05) is 0 Å². The molecule has 12 heteroatoms. The summed E-state index contributed by atoms with van der Waals surface area (Å²) in [6.07, 6.45) is -1.09. The molecule has 0 aromatic rings. The minimum absolute atomic E-state index is 0. The molecule has 0 aliphatic carbocycles. The largest absolute Gasteiger partial charge is 1.00 e. The average molecular weight is 344 g/mol. The van der Waals surface area contributed by atoms with Crippen LogP contribution in [0, 0.1) is 0 Å². The molecule has 0 aromatic heterocycles. The Morgan fingerprint density at radius 3 is 1.50 bits per heavy atom. The van der Waals surface area contributed by atoms with E-state index in [9.17, 15) is 34.8 Å². The first-order valence-electron chi connectivity index (χ1n) is 5.46. The Balaban J connectivity index is -0.000000540.